The van der Waals surface area contributed by atoms with Crippen LogP contribution < -0.4 is 5.32 Å². The molecule has 1 aliphatic rings. The number of nitrogens with one attached hydrogen (secondary N) is 1. The molecule has 2 heterocycles. The molecule has 1 aromatic carbocycles. The zero-order valence-corrected chi connectivity index (χ0v) is 16.2. The molecule has 0 saturated carbocycles. The summed E-state index contributed by atoms with van der Waals surface area (Å²) in [6.07, 6.45) is 2.61. The van der Waals surface area contributed by atoms with E-state index in [1.807, 2.05) is 30.3 Å². The number of hydrogen-bond acceptors (Lipinski definition) is 3. The van der Waals surface area contributed by atoms with Gasteiger partial charge in [0.25, 0.3) is 0 Å². The van der Waals surface area contributed by atoms with Crippen molar-refractivity contribution in [3.05, 3.63) is 44.7 Å². The maximum Gasteiger partial charge on any atom is 0.135 e. The van der Waals surface area contributed by atoms with Crippen LogP contribution in [0.2, 0.25) is 5.02 Å². The van der Waals surface area contributed by atoms with E-state index in [0.29, 0.717) is 6.04 Å². The Morgan fingerprint density at radius 3 is 3.00 bits per heavy atom. The molecule has 1 fully saturated rings. The van der Waals surface area contributed by atoms with E-state index in [2.05, 4.69) is 39.7 Å². The molecule has 124 valence electrons. The number of furan rings is 1. The van der Waals surface area contributed by atoms with Crippen molar-refractivity contribution in [1.29, 1.82) is 0 Å². The van der Waals surface area contributed by atoms with Crippen molar-refractivity contribution >= 4 is 34.2 Å². The number of nitrogens with zero attached hydrogens (tertiary/aromatic N) is 1. The van der Waals surface area contributed by atoms with Crippen LogP contribution in [0.1, 0.15) is 25.5 Å². The molecule has 1 atom stereocenters. The molecule has 0 bridgehead atoms. The summed E-state index contributed by atoms with van der Waals surface area (Å²) >= 11 is 8.57. The van der Waals surface area contributed by atoms with Crippen LogP contribution in [0.3, 0.4) is 0 Å². The largest absolute Gasteiger partial charge is 0.460 e. The van der Waals surface area contributed by atoms with Gasteiger partial charge in [-0.1, -0.05) is 18.5 Å². The van der Waals surface area contributed by atoms with E-state index >= 15 is 0 Å². The summed E-state index contributed by atoms with van der Waals surface area (Å²) in [7, 11) is 0. The lowest BCUT2D eigenvalue weighted by Gasteiger charge is -2.22. The summed E-state index contributed by atoms with van der Waals surface area (Å²) in [4.78, 5) is 2.55. The molecule has 2 aromatic rings. The van der Waals surface area contributed by atoms with Gasteiger partial charge in [-0.15, -0.1) is 0 Å². The summed E-state index contributed by atoms with van der Waals surface area (Å²) in [5.41, 5.74) is 0.950. The minimum atomic E-state index is 0.667. The highest BCUT2D eigenvalue weighted by molar-refractivity contribution is 14.1. The summed E-state index contributed by atoms with van der Waals surface area (Å²) in [5.74, 6) is 1.79. The smallest absolute Gasteiger partial charge is 0.135 e. The van der Waals surface area contributed by atoms with Crippen LogP contribution in [0.4, 0.5) is 0 Å². The lowest BCUT2D eigenvalue weighted by Crippen LogP contribution is -2.37. The molecular formula is C18H22ClIN2O. The second-order valence-corrected chi connectivity index (χ2v) is 7.60. The Morgan fingerprint density at radius 1 is 1.35 bits per heavy atom. The Kier molecular flexibility index (Phi) is 6.01. The van der Waals surface area contributed by atoms with Gasteiger partial charge in [-0.25, -0.2) is 0 Å². The van der Waals surface area contributed by atoms with Crippen LogP contribution in [0, 0.1) is 3.57 Å². The van der Waals surface area contributed by atoms with Crippen molar-refractivity contribution in [2.75, 3.05) is 19.6 Å². The fourth-order valence-electron chi connectivity index (χ4n) is 3.21. The average molecular weight is 445 g/mol. The SMILES string of the molecule is CCN1CCCC1CNCc1ccc(-c2ccc(I)cc2Cl)o1. The Hall–Kier alpha value is -0.560. The molecule has 0 radical (unpaired) electrons. The molecule has 1 saturated heterocycles. The molecule has 1 unspecified atom stereocenters. The second-order valence-electron chi connectivity index (χ2n) is 5.95. The summed E-state index contributed by atoms with van der Waals surface area (Å²) in [6.45, 7) is 6.40. The van der Waals surface area contributed by atoms with Crippen LogP contribution in [0.5, 0.6) is 0 Å². The van der Waals surface area contributed by atoms with Crippen molar-refractivity contribution in [2.45, 2.75) is 32.4 Å². The molecule has 1 N–H and O–H groups in total. The summed E-state index contributed by atoms with van der Waals surface area (Å²) in [5, 5.41) is 4.26. The Balaban J connectivity index is 1.57. The molecule has 3 rings (SSSR count). The molecule has 5 heteroatoms. The first-order valence-corrected chi connectivity index (χ1v) is 9.62. The van der Waals surface area contributed by atoms with Gasteiger partial charge in [-0.3, -0.25) is 4.90 Å². The van der Waals surface area contributed by atoms with E-state index in [1.54, 1.807) is 0 Å². The Morgan fingerprint density at radius 2 is 2.22 bits per heavy atom. The minimum absolute atomic E-state index is 0.667. The number of likely N-dealkylation sites (N-methyl/N-ethyl adjacent to an activating group) is 1. The molecule has 0 amide bonds. The van der Waals surface area contributed by atoms with E-state index in [0.717, 1.165) is 45.3 Å². The lowest BCUT2D eigenvalue weighted by atomic mass is 10.2. The number of hydrogen-bond donors (Lipinski definition) is 1. The lowest BCUT2D eigenvalue weighted by molar-refractivity contribution is 0.258. The molecule has 1 aliphatic heterocycles. The van der Waals surface area contributed by atoms with Crippen molar-refractivity contribution in [3.8, 4) is 11.3 Å². The van der Waals surface area contributed by atoms with Crippen molar-refractivity contribution in [1.82, 2.24) is 10.2 Å². The van der Waals surface area contributed by atoms with Crippen molar-refractivity contribution in [3.63, 3.8) is 0 Å². The number of benzene rings is 1. The number of rotatable bonds is 6. The normalized spacial score (nSPS) is 18.7. The van der Waals surface area contributed by atoms with Crippen molar-refractivity contribution in [2.24, 2.45) is 0 Å². The van der Waals surface area contributed by atoms with E-state index in [-0.39, 0.29) is 0 Å². The third kappa shape index (κ3) is 4.29. The number of halogens is 2. The summed E-state index contributed by atoms with van der Waals surface area (Å²) in [6, 6.07) is 10.7. The standard InChI is InChI=1S/C18H22ClIN2O/c1-2-22-9-3-4-14(22)11-21-12-15-6-8-18(23-15)16-7-5-13(20)10-17(16)19/h5-8,10,14,21H,2-4,9,11-12H2,1H3. The quantitative estimate of drug-likeness (QED) is 0.650. The first-order valence-electron chi connectivity index (χ1n) is 8.16. The van der Waals surface area contributed by atoms with Gasteiger partial charge in [0, 0.05) is 21.7 Å². The van der Waals surface area contributed by atoms with Crippen LogP contribution in [0.15, 0.2) is 34.7 Å². The van der Waals surface area contributed by atoms with Crippen LogP contribution in [0.25, 0.3) is 11.3 Å². The Bertz CT molecular complexity index is 658. The summed E-state index contributed by atoms with van der Waals surface area (Å²) < 4.78 is 7.07. The molecule has 0 aliphatic carbocycles. The van der Waals surface area contributed by atoms with Gasteiger partial charge in [0.2, 0.25) is 0 Å². The number of likely N-dealkylation sites (tertiary alicyclic amines) is 1. The topological polar surface area (TPSA) is 28.4 Å². The Labute approximate surface area is 156 Å². The molecule has 23 heavy (non-hydrogen) atoms. The fourth-order valence-corrected chi connectivity index (χ4v) is 4.16. The van der Waals surface area contributed by atoms with Gasteiger partial charge >= 0.3 is 0 Å². The second kappa shape index (κ2) is 8.01. The van der Waals surface area contributed by atoms with Crippen LogP contribution in [-0.4, -0.2) is 30.6 Å². The monoisotopic (exact) mass is 444 g/mol. The first-order chi connectivity index (χ1) is 11.2. The van der Waals surface area contributed by atoms with E-state index in [9.17, 15) is 0 Å². The molecule has 3 nitrogen and oxygen atoms in total. The highest BCUT2D eigenvalue weighted by atomic mass is 127. The van der Waals surface area contributed by atoms with Gasteiger partial charge < -0.3 is 9.73 Å². The highest BCUT2D eigenvalue weighted by Gasteiger charge is 2.22. The third-order valence-electron chi connectivity index (χ3n) is 4.44. The van der Waals surface area contributed by atoms with E-state index in [1.165, 1.54) is 19.4 Å². The third-order valence-corrected chi connectivity index (χ3v) is 5.43. The predicted molar refractivity (Wildman–Crippen MR) is 104 cm³/mol. The van der Waals surface area contributed by atoms with Crippen LogP contribution >= 0.6 is 34.2 Å². The van der Waals surface area contributed by atoms with Crippen molar-refractivity contribution < 1.29 is 4.42 Å². The predicted octanol–water partition coefficient (Wildman–Crippen LogP) is 4.78. The average Bonchev–Trinajstić information content (AvgIpc) is 3.16. The van der Waals surface area contributed by atoms with E-state index < -0.39 is 0 Å². The molecular weight excluding hydrogens is 423 g/mol. The van der Waals surface area contributed by atoms with Gasteiger partial charge in [-0.05, 0) is 78.9 Å². The zero-order chi connectivity index (χ0) is 16.2. The van der Waals surface area contributed by atoms with E-state index in [4.69, 9.17) is 16.0 Å². The molecule has 1 aromatic heterocycles. The van der Waals surface area contributed by atoms with Gasteiger partial charge in [0.05, 0.1) is 11.6 Å². The maximum absolute atomic E-state index is 6.31. The molecule has 0 spiro atoms. The van der Waals surface area contributed by atoms with Crippen LogP contribution in [-0.2, 0) is 6.54 Å². The van der Waals surface area contributed by atoms with Gasteiger partial charge in [0.1, 0.15) is 11.5 Å². The van der Waals surface area contributed by atoms with Gasteiger partial charge in [0.15, 0.2) is 0 Å². The first kappa shape index (κ1) is 17.3. The minimum Gasteiger partial charge on any atom is -0.460 e. The highest BCUT2D eigenvalue weighted by Crippen LogP contribution is 2.30. The van der Waals surface area contributed by atoms with Gasteiger partial charge in [-0.2, -0.15) is 0 Å². The maximum atomic E-state index is 6.31. The zero-order valence-electron chi connectivity index (χ0n) is 13.3. The fraction of sp³-hybridized carbons (Fsp3) is 0.444.